The zero-order valence-electron chi connectivity index (χ0n) is 17.0. The van der Waals surface area contributed by atoms with E-state index >= 15 is 0 Å². The van der Waals surface area contributed by atoms with Gasteiger partial charge in [-0.1, -0.05) is 25.1 Å². The number of rotatable bonds is 8. The van der Waals surface area contributed by atoms with Crippen molar-refractivity contribution in [2.45, 2.75) is 38.1 Å². The summed E-state index contributed by atoms with van der Waals surface area (Å²) in [5.74, 6) is 0.225. The van der Waals surface area contributed by atoms with Gasteiger partial charge in [-0.2, -0.15) is 4.31 Å². The van der Waals surface area contributed by atoms with Crippen LogP contribution in [-0.2, 0) is 14.8 Å². The lowest BCUT2D eigenvalue weighted by Gasteiger charge is -2.21. The van der Waals surface area contributed by atoms with E-state index in [0.717, 1.165) is 15.4 Å². The van der Waals surface area contributed by atoms with Crippen molar-refractivity contribution in [2.24, 2.45) is 0 Å². The molecule has 2 aromatic rings. The van der Waals surface area contributed by atoms with Gasteiger partial charge in [0, 0.05) is 7.05 Å². The Labute approximate surface area is 167 Å². The van der Waals surface area contributed by atoms with Crippen molar-refractivity contribution in [1.82, 2.24) is 9.62 Å². The van der Waals surface area contributed by atoms with E-state index in [1.807, 2.05) is 32.9 Å². The molecule has 0 aromatic heterocycles. The number of carbonyl (C=O) groups is 1. The van der Waals surface area contributed by atoms with Gasteiger partial charge in [0.2, 0.25) is 15.9 Å². The molecule has 0 aliphatic rings. The number of nitrogens with zero attached hydrogens (tertiary/aromatic N) is 1. The molecule has 152 valence electrons. The number of carbonyl (C=O) groups excluding carboxylic acids is 1. The smallest absolute Gasteiger partial charge is 0.243 e. The fourth-order valence-electron chi connectivity index (χ4n) is 2.86. The monoisotopic (exact) mass is 404 g/mol. The van der Waals surface area contributed by atoms with Crippen LogP contribution in [0.2, 0.25) is 0 Å². The molecule has 2 rings (SSSR count). The molecule has 0 radical (unpaired) electrons. The summed E-state index contributed by atoms with van der Waals surface area (Å²) in [6, 6.07) is 12.0. The third-order valence-corrected chi connectivity index (χ3v) is 6.63. The van der Waals surface area contributed by atoms with Crippen molar-refractivity contribution in [2.75, 3.05) is 20.7 Å². The summed E-state index contributed by atoms with van der Waals surface area (Å²) in [4.78, 5) is 12.6. The summed E-state index contributed by atoms with van der Waals surface area (Å²) in [5, 5.41) is 2.94. The topological polar surface area (TPSA) is 75.7 Å². The normalized spacial score (nSPS) is 12.6. The molecule has 1 N–H and O–H groups in total. The Bertz CT molecular complexity index is 924. The SMILES string of the molecule is CC[C@@H](NC(=O)CN(C)S(=O)(=O)c1ccc(OC)cc1)c1ccc(C)c(C)c1. The number of sulfonamides is 1. The first-order valence-corrected chi connectivity index (χ1v) is 10.6. The Balaban J connectivity index is 2.08. The fraction of sp³-hybridized carbons (Fsp3) is 0.381. The number of benzene rings is 2. The first-order chi connectivity index (χ1) is 13.2. The van der Waals surface area contributed by atoms with Crippen LogP contribution in [0.1, 0.15) is 36.1 Å². The highest BCUT2D eigenvalue weighted by Gasteiger charge is 2.24. The van der Waals surface area contributed by atoms with Gasteiger partial charge in [0.05, 0.1) is 24.6 Å². The minimum Gasteiger partial charge on any atom is -0.497 e. The lowest BCUT2D eigenvalue weighted by Crippen LogP contribution is -2.39. The van der Waals surface area contributed by atoms with Crippen LogP contribution in [0.4, 0.5) is 0 Å². The average molecular weight is 405 g/mol. The molecule has 1 atom stereocenters. The average Bonchev–Trinajstić information content (AvgIpc) is 2.68. The zero-order chi connectivity index (χ0) is 20.9. The van der Waals surface area contributed by atoms with E-state index in [-0.39, 0.29) is 23.4 Å². The van der Waals surface area contributed by atoms with E-state index in [1.165, 1.54) is 31.9 Å². The predicted octanol–water partition coefficient (Wildman–Crippen LogP) is 3.20. The molecule has 0 heterocycles. The molecule has 2 aromatic carbocycles. The highest BCUT2D eigenvalue weighted by Crippen LogP contribution is 2.21. The number of likely N-dealkylation sites (N-methyl/N-ethyl adjacent to an activating group) is 1. The van der Waals surface area contributed by atoms with Gasteiger partial charge in [-0.25, -0.2) is 8.42 Å². The molecule has 6 nitrogen and oxygen atoms in total. The summed E-state index contributed by atoms with van der Waals surface area (Å²) < 4.78 is 31.5. The van der Waals surface area contributed by atoms with Crippen molar-refractivity contribution >= 4 is 15.9 Å². The van der Waals surface area contributed by atoms with E-state index in [0.29, 0.717) is 12.2 Å². The molecule has 0 fully saturated rings. The van der Waals surface area contributed by atoms with Gasteiger partial charge >= 0.3 is 0 Å². The number of hydrogen-bond donors (Lipinski definition) is 1. The van der Waals surface area contributed by atoms with E-state index in [1.54, 1.807) is 12.1 Å². The van der Waals surface area contributed by atoms with Gasteiger partial charge in [0.25, 0.3) is 0 Å². The zero-order valence-corrected chi connectivity index (χ0v) is 17.8. The van der Waals surface area contributed by atoms with E-state index < -0.39 is 10.0 Å². The third-order valence-electron chi connectivity index (χ3n) is 4.81. The Morgan fingerprint density at radius 1 is 1.11 bits per heavy atom. The van der Waals surface area contributed by atoms with Crippen molar-refractivity contribution in [3.05, 3.63) is 59.2 Å². The maximum atomic E-state index is 12.7. The van der Waals surface area contributed by atoms with Gasteiger partial charge in [-0.15, -0.1) is 0 Å². The van der Waals surface area contributed by atoms with Gasteiger partial charge in [-0.3, -0.25) is 4.79 Å². The van der Waals surface area contributed by atoms with Gasteiger partial charge in [0.15, 0.2) is 0 Å². The van der Waals surface area contributed by atoms with E-state index in [2.05, 4.69) is 11.4 Å². The number of amides is 1. The van der Waals surface area contributed by atoms with Crippen LogP contribution in [0.25, 0.3) is 0 Å². The van der Waals surface area contributed by atoms with Crippen LogP contribution in [0.15, 0.2) is 47.4 Å². The summed E-state index contributed by atoms with van der Waals surface area (Å²) >= 11 is 0. The van der Waals surface area contributed by atoms with E-state index in [9.17, 15) is 13.2 Å². The number of ether oxygens (including phenoxy) is 1. The quantitative estimate of drug-likeness (QED) is 0.733. The maximum Gasteiger partial charge on any atom is 0.243 e. The highest BCUT2D eigenvalue weighted by molar-refractivity contribution is 7.89. The molecular formula is C21H28N2O4S. The van der Waals surface area contributed by atoms with Crippen molar-refractivity contribution in [3.8, 4) is 5.75 Å². The molecular weight excluding hydrogens is 376 g/mol. The van der Waals surface area contributed by atoms with Crippen LogP contribution in [0.5, 0.6) is 5.75 Å². The third kappa shape index (κ3) is 5.11. The first-order valence-electron chi connectivity index (χ1n) is 9.16. The highest BCUT2D eigenvalue weighted by atomic mass is 32.2. The van der Waals surface area contributed by atoms with Crippen LogP contribution in [-0.4, -0.2) is 39.3 Å². The number of hydrogen-bond acceptors (Lipinski definition) is 4. The minimum absolute atomic E-state index is 0.116. The molecule has 0 spiro atoms. The minimum atomic E-state index is -3.76. The van der Waals surface area contributed by atoms with Crippen LogP contribution in [0.3, 0.4) is 0 Å². The summed E-state index contributed by atoms with van der Waals surface area (Å²) in [7, 11) is -0.849. The number of nitrogens with one attached hydrogen (secondary N) is 1. The summed E-state index contributed by atoms with van der Waals surface area (Å²) in [6.07, 6.45) is 0.711. The van der Waals surface area contributed by atoms with Crippen LogP contribution >= 0.6 is 0 Å². The Morgan fingerprint density at radius 2 is 1.75 bits per heavy atom. The fourth-order valence-corrected chi connectivity index (χ4v) is 3.98. The second-order valence-electron chi connectivity index (χ2n) is 6.81. The van der Waals surface area contributed by atoms with Crippen molar-refractivity contribution < 1.29 is 17.9 Å². The lowest BCUT2D eigenvalue weighted by molar-refractivity contribution is -0.121. The molecule has 28 heavy (non-hydrogen) atoms. The predicted molar refractivity (Wildman–Crippen MR) is 110 cm³/mol. The number of methoxy groups -OCH3 is 1. The van der Waals surface area contributed by atoms with Crippen LogP contribution < -0.4 is 10.1 Å². The summed E-state index contributed by atoms with van der Waals surface area (Å²) in [6.45, 7) is 5.80. The molecule has 1 amide bonds. The van der Waals surface area contributed by atoms with Gasteiger partial charge < -0.3 is 10.1 Å². The van der Waals surface area contributed by atoms with Gasteiger partial charge in [0.1, 0.15) is 5.75 Å². The maximum absolute atomic E-state index is 12.7. The Morgan fingerprint density at radius 3 is 2.29 bits per heavy atom. The number of aryl methyl sites for hydroxylation is 2. The van der Waals surface area contributed by atoms with Crippen LogP contribution in [0, 0.1) is 13.8 Å². The molecule has 7 heteroatoms. The standard InChI is InChI=1S/C21H28N2O4S/c1-6-20(17-8-7-15(2)16(3)13-17)22-21(24)14-23(4)28(25,26)19-11-9-18(27-5)10-12-19/h7-13,20H,6,14H2,1-5H3,(H,22,24)/t20-/m1/s1. The molecule has 0 saturated heterocycles. The molecule has 0 aliphatic heterocycles. The Hall–Kier alpha value is -2.38. The second kappa shape index (κ2) is 9.21. The van der Waals surface area contributed by atoms with Gasteiger partial charge in [-0.05, 0) is 61.2 Å². The molecule has 0 aliphatic carbocycles. The largest absolute Gasteiger partial charge is 0.497 e. The first kappa shape index (κ1) is 21.9. The van der Waals surface area contributed by atoms with Crippen molar-refractivity contribution in [3.63, 3.8) is 0 Å². The summed E-state index contributed by atoms with van der Waals surface area (Å²) in [5.41, 5.74) is 3.36. The molecule has 0 unspecified atom stereocenters. The van der Waals surface area contributed by atoms with E-state index in [4.69, 9.17) is 4.74 Å². The second-order valence-corrected chi connectivity index (χ2v) is 8.85. The molecule has 0 bridgehead atoms. The van der Waals surface area contributed by atoms with Crippen molar-refractivity contribution in [1.29, 1.82) is 0 Å². The Kier molecular flexibility index (Phi) is 7.21. The molecule has 0 saturated carbocycles. The lowest BCUT2D eigenvalue weighted by atomic mass is 9.99.